The number of likely N-dealkylation sites (tertiary alicyclic amines) is 1. The van der Waals surface area contributed by atoms with Crippen LogP contribution in [0.4, 0.5) is 8.78 Å². The van der Waals surface area contributed by atoms with Crippen LogP contribution in [0.25, 0.3) is 10.9 Å². The molecule has 30 heavy (non-hydrogen) atoms. The first-order valence-corrected chi connectivity index (χ1v) is 10.5. The summed E-state index contributed by atoms with van der Waals surface area (Å²) in [5.41, 5.74) is 3.25. The highest BCUT2D eigenvalue weighted by Crippen LogP contribution is 2.35. The van der Waals surface area contributed by atoms with Gasteiger partial charge in [0.05, 0.1) is 30.9 Å². The van der Waals surface area contributed by atoms with E-state index >= 15 is 0 Å². The number of hydrogen-bond donors (Lipinski definition) is 1. The van der Waals surface area contributed by atoms with E-state index in [0.717, 1.165) is 22.0 Å². The van der Waals surface area contributed by atoms with Crippen molar-refractivity contribution in [3.63, 3.8) is 0 Å². The minimum atomic E-state index is -2.58. The number of amides is 1. The highest BCUT2D eigenvalue weighted by atomic mass is 19.3. The Labute approximate surface area is 173 Å². The summed E-state index contributed by atoms with van der Waals surface area (Å²) in [7, 11) is 0. The molecule has 2 fully saturated rings. The first-order valence-electron chi connectivity index (χ1n) is 10.5. The lowest BCUT2D eigenvalue weighted by atomic mass is 9.98. The summed E-state index contributed by atoms with van der Waals surface area (Å²) < 4.78 is 32.5. The van der Waals surface area contributed by atoms with Crippen molar-refractivity contribution in [1.29, 1.82) is 0 Å². The summed E-state index contributed by atoms with van der Waals surface area (Å²) in [6.45, 7) is 2.35. The van der Waals surface area contributed by atoms with Crippen LogP contribution in [-0.4, -0.2) is 70.2 Å². The Morgan fingerprint density at radius 3 is 2.83 bits per heavy atom. The molecule has 2 aromatic rings. The van der Waals surface area contributed by atoms with E-state index in [1.54, 1.807) is 11.1 Å². The number of rotatable bonds is 3. The second-order valence-electron chi connectivity index (χ2n) is 8.61. The monoisotopic (exact) mass is 417 g/mol. The molecule has 4 heterocycles. The number of fused-ring (bicyclic) bond motifs is 3. The number of aromatic nitrogens is 1. The maximum atomic E-state index is 13.5. The van der Waals surface area contributed by atoms with Gasteiger partial charge in [-0.25, -0.2) is 8.78 Å². The zero-order chi connectivity index (χ0) is 20.9. The molecule has 3 aliphatic rings. The van der Waals surface area contributed by atoms with Gasteiger partial charge >= 0.3 is 0 Å². The zero-order valence-electron chi connectivity index (χ0n) is 16.7. The summed E-state index contributed by atoms with van der Waals surface area (Å²) >= 11 is 0. The maximum Gasteiger partial charge on any atom is 0.254 e. The Balaban J connectivity index is 1.46. The van der Waals surface area contributed by atoms with Gasteiger partial charge < -0.3 is 14.7 Å². The van der Waals surface area contributed by atoms with Crippen molar-refractivity contribution < 1.29 is 23.4 Å². The molecule has 6 nitrogen and oxygen atoms in total. The summed E-state index contributed by atoms with van der Waals surface area (Å²) in [5, 5.41) is 10.9. The summed E-state index contributed by atoms with van der Waals surface area (Å²) in [6.07, 6.45) is 1.38. The predicted octanol–water partition coefficient (Wildman–Crippen LogP) is 2.57. The number of benzene rings is 1. The van der Waals surface area contributed by atoms with Gasteiger partial charge in [-0.05, 0) is 24.1 Å². The molecule has 0 spiro atoms. The van der Waals surface area contributed by atoms with Crippen LogP contribution in [0.1, 0.15) is 40.7 Å². The third kappa shape index (κ3) is 3.57. The average Bonchev–Trinajstić information content (AvgIpc) is 3.06. The molecule has 0 unspecified atom stereocenters. The number of hydrogen-bond acceptors (Lipinski definition) is 5. The van der Waals surface area contributed by atoms with E-state index in [1.807, 2.05) is 23.1 Å². The Hall–Kier alpha value is -2.16. The molecular weight excluding hydrogens is 392 g/mol. The molecule has 0 aliphatic carbocycles. The van der Waals surface area contributed by atoms with Gasteiger partial charge in [-0.15, -0.1) is 0 Å². The lowest BCUT2D eigenvalue weighted by molar-refractivity contribution is -0.0565. The number of carbonyl (C=O) groups is 1. The van der Waals surface area contributed by atoms with Gasteiger partial charge in [0, 0.05) is 61.7 Å². The number of nitrogens with zero attached hydrogens (tertiary/aromatic N) is 3. The van der Waals surface area contributed by atoms with Crippen LogP contribution in [-0.2, 0) is 17.8 Å². The van der Waals surface area contributed by atoms with Crippen molar-refractivity contribution in [3.8, 4) is 0 Å². The normalized spacial score (nSPS) is 26.9. The molecule has 1 aromatic carbocycles. The summed E-state index contributed by atoms with van der Waals surface area (Å²) in [4.78, 5) is 21.6. The van der Waals surface area contributed by atoms with Gasteiger partial charge in [0.2, 0.25) is 0 Å². The first-order chi connectivity index (χ1) is 14.4. The smallest absolute Gasteiger partial charge is 0.254 e. The van der Waals surface area contributed by atoms with Crippen molar-refractivity contribution in [2.24, 2.45) is 0 Å². The van der Waals surface area contributed by atoms with Crippen LogP contribution in [0.5, 0.6) is 0 Å². The third-order valence-corrected chi connectivity index (χ3v) is 6.49. The highest BCUT2D eigenvalue weighted by Gasteiger charge is 2.38. The molecule has 1 N–H and O–H groups in total. The summed E-state index contributed by atoms with van der Waals surface area (Å²) in [6, 6.07) is 5.59. The van der Waals surface area contributed by atoms with Crippen LogP contribution in [0.15, 0.2) is 24.4 Å². The van der Waals surface area contributed by atoms with E-state index in [1.165, 1.54) is 0 Å². The van der Waals surface area contributed by atoms with E-state index in [0.29, 0.717) is 51.4 Å². The number of alkyl halides is 2. The quantitative estimate of drug-likeness (QED) is 0.832. The lowest BCUT2D eigenvalue weighted by Gasteiger charge is -2.33. The molecule has 160 valence electrons. The second-order valence-corrected chi connectivity index (χ2v) is 8.61. The van der Waals surface area contributed by atoms with Gasteiger partial charge in [0.1, 0.15) is 0 Å². The molecule has 2 saturated heterocycles. The molecule has 2 atom stereocenters. The van der Waals surface area contributed by atoms with E-state index in [4.69, 9.17) is 4.74 Å². The van der Waals surface area contributed by atoms with Gasteiger partial charge in [-0.1, -0.05) is 6.07 Å². The Kier molecular flexibility index (Phi) is 4.95. The number of aliphatic hydroxyl groups excluding tert-OH is 1. The lowest BCUT2D eigenvalue weighted by Crippen LogP contribution is -2.45. The van der Waals surface area contributed by atoms with Crippen molar-refractivity contribution >= 4 is 16.8 Å². The fourth-order valence-electron chi connectivity index (χ4n) is 4.83. The first kappa shape index (κ1) is 19.8. The van der Waals surface area contributed by atoms with Gasteiger partial charge in [-0.2, -0.15) is 0 Å². The van der Waals surface area contributed by atoms with E-state index in [2.05, 4.69) is 4.98 Å². The maximum absolute atomic E-state index is 13.5. The Morgan fingerprint density at radius 2 is 2.07 bits per heavy atom. The van der Waals surface area contributed by atoms with Crippen LogP contribution in [0.3, 0.4) is 0 Å². The fraction of sp³-hybridized carbons (Fsp3) is 0.545. The molecule has 3 aliphatic heterocycles. The zero-order valence-corrected chi connectivity index (χ0v) is 16.7. The van der Waals surface area contributed by atoms with Crippen LogP contribution < -0.4 is 0 Å². The van der Waals surface area contributed by atoms with E-state index < -0.39 is 12.0 Å². The summed E-state index contributed by atoms with van der Waals surface area (Å²) in [5.74, 6) is -2.66. The fourth-order valence-corrected chi connectivity index (χ4v) is 4.83. The number of aliphatic hydroxyl groups is 1. The standard InChI is InChI=1S/C22H25F2N3O3/c23-22(24)3-6-26(7-4-22)10-14-8-18-19(20-17(14)2-1-5-25-20)11-27(21(18)29)15-9-16(28)13-30-12-15/h1-2,5,8,15-16,28H,3-4,6-7,9-13H2/t15-,16-/m1/s1. The van der Waals surface area contributed by atoms with Gasteiger partial charge in [0.15, 0.2) is 0 Å². The minimum Gasteiger partial charge on any atom is -0.391 e. The van der Waals surface area contributed by atoms with Crippen LogP contribution in [0, 0.1) is 0 Å². The van der Waals surface area contributed by atoms with Crippen LogP contribution >= 0.6 is 0 Å². The van der Waals surface area contributed by atoms with E-state index in [-0.39, 0.29) is 24.8 Å². The molecule has 1 aromatic heterocycles. The molecule has 0 radical (unpaired) electrons. The van der Waals surface area contributed by atoms with Crippen molar-refractivity contribution in [2.75, 3.05) is 26.3 Å². The number of carbonyl (C=O) groups excluding carboxylic acids is 1. The topological polar surface area (TPSA) is 65.9 Å². The molecule has 5 rings (SSSR count). The Morgan fingerprint density at radius 1 is 1.27 bits per heavy atom. The van der Waals surface area contributed by atoms with E-state index in [9.17, 15) is 18.7 Å². The minimum absolute atomic E-state index is 0.0771. The number of ether oxygens (including phenoxy) is 1. The predicted molar refractivity (Wildman–Crippen MR) is 106 cm³/mol. The van der Waals surface area contributed by atoms with Crippen molar-refractivity contribution in [3.05, 3.63) is 41.1 Å². The SMILES string of the molecule is O=C1c2cc(CN3CCC(F)(F)CC3)c3cccnc3c2CN1[C@H]1COC[C@H](O)C1. The van der Waals surface area contributed by atoms with Crippen LogP contribution in [0.2, 0.25) is 0 Å². The van der Waals surface area contributed by atoms with Crippen molar-refractivity contribution in [2.45, 2.75) is 50.4 Å². The molecule has 1 amide bonds. The molecule has 8 heteroatoms. The third-order valence-electron chi connectivity index (χ3n) is 6.49. The Bertz CT molecular complexity index is 973. The largest absolute Gasteiger partial charge is 0.391 e. The number of halogens is 2. The average molecular weight is 417 g/mol. The highest BCUT2D eigenvalue weighted by molar-refractivity contribution is 6.04. The molecular formula is C22H25F2N3O3. The number of pyridine rings is 1. The van der Waals surface area contributed by atoms with Gasteiger partial charge in [0.25, 0.3) is 11.8 Å². The second kappa shape index (κ2) is 7.51. The molecule has 0 saturated carbocycles. The molecule has 0 bridgehead atoms. The van der Waals surface area contributed by atoms with Gasteiger partial charge in [-0.3, -0.25) is 14.7 Å². The van der Waals surface area contributed by atoms with Crippen molar-refractivity contribution in [1.82, 2.24) is 14.8 Å². The number of piperidine rings is 1.